The van der Waals surface area contributed by atoms with Gasteiger partial charge in [-0.1, -0.05) is 0 Å². The van der Waals surface area contributed by atoms with Crippen molar-refractivity contribution in [2.45, 2.75) is 50.0 Å². The number of aromatic nitrogens is 3. The number of anilines is 2. The number of nitrogens with zero attached hydrogens (tertiary/aromatic N) is 4. The van der Waals surface area contributed by atoms with Crippen LogP contribution in [-0.2, 0) is 14.6 Å². The van der Waals surface area contributed by atoms with Gasteiger partial charge in [-0.25, -0.2) is 27.1 Å². The number of hydrogen-bond donors (Lipinski definition) is 1. The number of piperidine rings is 1. The van der Waals surface area contributed by atoms with E-state index in [-0.39, 0.29) is 22.6 Å². The Kier molecular flexibility index (Phi) is 6.24. The van der Waals surface area contributed by atoms with Crippen LogP contribution in [0, 0.1) is 5.82 Å². The first kappa shape index (κ1) is 23.9. The van der Waals surface area contributed by atoms with Gasteiger partial charge in [0.1, 0.15) is 11.4 Å². The van der Waals surface area contributed by atoms with Crippen LogP contribution in [0.15, 0.2) is 41.6 Å². The summed E-state index contributed by atoms with van der Waals surface area (Å²) in [7, 11) is -3.51. The van der Waals surface area contributed by atoms with Crippen LogP contribution in [-0.4, -0.2) is 59.0 Å². The summed E-state index contributed by atoms with van der Waals surface area (Å²) in [5, 5.41) is 7.35. The minimum atomic E-state index is -3.51. The van der Waals surface area contributed by atoms with Gasteiger partial charge in [0.05, 0.1) is 22.3 Å². The Bertz CT molecular complexity index is 1320. The monoisotopic (exact) mass is 489 g/mol. The van der Waals surface area contributed by atoms with Crippen LogP contribution < -0.4 is 5.32 Å². The molecule has 9 nitrogen and oxygen atoms in total. The molecule has 34 heavy (non-hydrogen) atoms. The lowest BCUT2D eigenvalue weighted by Gasteiger charge is -2.33. The minimum Gasteiger partial charge on any atom is -0.444 e. The maximum absolute atomic E-state index is 14.5. The summed E-state index contributed by atoms with van der Waals surface area (Å²) < 4.78 is 44.9. The molecular formula is C23H28FN5O4S. The molecule has 1 aliphatic heterocycles. The molecule has 1 aromatic carbocycles. The smallest absolute Gasteiger partial charge is 0.410 e. The number of benzene rings is 1. The molecule has 0 bridgehead atoms. The fourth-order valence-electron chi connectivity index (χ4n) is 3.99. The van der Waals surface area contributed by atoms with E-state index in [0.717, 1.165) is 36.2 Å². The maximum Gasteiger partial charge on any atom is 0.410 e. The van der Waals surface area contributed by atoms with Crippen LogP contribution in [0.5, 0.6) is 0 Å². The Balaban J connectivity index is 1.51. The maximum atomic E-state index is 14.5. The Hall–Kier alpha value is -3.21. The number of amides is 1. The van der Waals surface area contributed by atoms with E-state index in [1.165, 1.54) is 12.1 Å². The van der Waals surface area contributed by atoms with Crippen molar-refractivity contribution in [1.82, 2.24) is 19.5 Å². The van der Waals surface area contributed by atoms with Crippen LogP contribution >= 0.6 is 0 Å². The number of fused-ring (bicyclic) bond motifs is 1. The first-order valence-corrected chi connectivity index (χ1v) is 12.9. The van der Waals surface area contributed by atoms with E-state index in [1.807, 2.05) is 26.8 Å². The van der Waals surface area contributed by atoms with Gasteiger partial charge in [0.2, 0.25) is 5.95 Å². The molecule has 1 fully saturated rings. The molecule has 1 N–H and O–H groups in total. The molecule has 0 spiro atoms. The second-order valence-electron chi connectivity index (χ2n) is 9.45. The van der Waals surface area contributed by atoms with E-state index in [0.29, 0.717) is 19.0 Å². The number of nitrogens with one attached hydrogen (secondary N) is 1. The normalized spacial score (nSPS) is 15.5. The van der Waals surface area contributed by atoms with Crippen molar-refractivity contribution < 1.29 is 22.3 Å². The summed E-state index contributed by atoms with van der Waals surface area (Å²) in [6.07, 6.45) is 5.66. The average Bonchev–Trinajstić information content (AvgIpc) is 3.18. The Labute approximate surface area is 197 Å². The highest BCUT2D eigenvalue weighted by molar-refractivity contribution is 7.90. The summed E-state index contributed by atoms with van der Waals surface area (Å²) >= 11 is 0. The molecule has 4 rings (SSSR count). The van der Waals surface area contributed by atoms with Gasteiger partial charge in [-0.3, -0.25) is 0 Å². The standard InChI is InChI=1S/C23H28FN5O4S/c1-23(2,3)33-22(30)28-11-8-15(9-12-28)17-14-26-29-20(17)7-10-25-21(29)27-19-6-5-16(13-18(19)24)34(4,31)32/h5-7,10,13-15H,8-9,11-12H2,1-4H3,(H,25,27). The molecular weight excluding hydrogens is 461 g/mol. The predicted octanol–water partition coefficient (Wildman–Crippen LogP) is 4.13. The molecule has 182 valence electrons. The summed E-state index contributed by atoms with van der Waals surface area (Å²) in [6, 6.07) is 5.53. The van der Waals surface area contributed by atoms with Gasteiger partial charge < -0.3 is 15.0 Å². The van der Waals surface area contributed by atoms with E-state index in [4.69, 9.17) is 4.74 Å². The number of carbonyl (C=O) groups excluding carboxylic acids is 1. The van der Waals surface area contributed by atoms with Crippen molar-refractivity contribution >= 4 is 33.1 Å². The van der Waals surface area contributed by atoms with Crippen molar-refractivity contribution in [3.05, 3.63) is 48.0 Å². The lowest BCUT2D eigenvalue weighted by Crippen LogP contribution is -2.41. The number of sulfone groups is 1. The number of carbonyl (C=O) groups is 1. The molecule has 0 radical (unpaired) electrons. The van der Waals surface area contributed by atoms with Crippen molar-refractivity contribution in [2.24, 2.45) is 0 Å². The van der Waals surface area contributed by atoms with Gasteiger partial charge in [0.25, 0.3) is 0 Å². The summed E-state index contributed by atoms with van der Waals surface area (Å²) in [5.41, 5.74) is 1.43. The zero-order valence-electron chi connectivity index (χ0n) is 19.6. The first-order valence-electron chi connectivity index (χ1n) is 11.0. The quantitative estimate of drug-likeness (QED) is 0.587. The van der Waals surface area contributed by atoms with Gasteiger partial charge in [-0.05, 0) is 63.8 Å². The SMILES string of the molecule is CC(C)(C)OC(=O)N1CCC(c2cnn3c(Nc4ccc(S(C)(=O)=O)cc4F)nccc23)CC1. The second-order valence-corrected chi connectivity index (χ2v) is 11.5. The molecule has 1 aliphatic rings. The Morgan fingerprint density at radius 1 is 1.21 bits per heavy atom. The number of hydrogen-bond acceptors (Lipinski definition) is 7. The largest absolute Gasteiger partial charge is 0.444 e. The number of rotatable bonds is 4. The van der Waals surface area contributed by atoms with Crippen molar-refractivity contribution in [3.63, 3.8) is 0 Å². The molecule has 0 aliphatic carbocycles. The zero-order valence-corrected chi connectivity index (χ0v) is 20.4. The topological polar surface area (TPSA) is 106 Å². The van der Waals surface area contributed by atoms with Gasteiger partial charge in [0.15, 0.2) is 9.84 Å². The molecule has 0 saturated carbocycles. The van der Waals surface area contributed by atoms with Crippen LogP contribution in [0.3, 0.4) is 0 Å². The zero-order chi connectivity index (χ0) is 24.7. The summed E-state index contributed by atoms with van der Waals surface area (Å²) in [5.74, 6) is -0.193. The lowest BCUT2D eigenvalue weighted by atomic mass is 9.90. The van der Waals surface area contributed by atoms with Gasteiger partial charge in [-0.2, -0.15) is 5.10 Å². The molecule has 3 heterocycles. The molecule has 0 unspecified atom stereocenters. The number of halogens is 1. The van der Waals surface area contributed by atoms with Gasteiger partial charge >= 0.3 is 6.09 Å². The highest BCUT2D eigenvalue weighted by atomic mass is 32.2. The van der Waals surface area contributed by atoms with Gasteiger partial charge in [-0.15, -0.1) is 0 Å². The van der Waals surface area contributed by atoms with E-state index in [1.54, 1.807) is 21.8 Å². The number of ether oxygens (including phenoxy) is 1. The lowest BCUT2D eigenvalue weighted by molar-refractivity contribution is 0.0205. The van der Waals surface area contributed by atoms with Crippen LogP contribution in [0.2, 0.25) is 0 Å². The first-order chi connectivity index (χ1) is 15.9. The third kappa shape index (κ3) is 5.14. The van der Waals surface area contributed by atoms with Crippen molar-refractivity contribution in [3.8, 4) is 0 Å². The van der Waals surface area contributed by atoms with E-state index < -0.39 is 21.3 Å². The fraction of sp³-hybridized carbons (Fsp3) is 0.435. The van der Waals surface area contributed by atoms with E-state index in [9.17, 15) is 17.6 Å². The van der Waals surface area contributed by atoms with E-state index in [2.05, 4.69) is 15.4 Å². The summed E-state index contributed by atoms with van der Waals surface area (Å²) in [4.78, 5) is 18.3. The molecule has 11 heteroatoms. The molecule has 3 aromatic rings. The molecule has 1 amide bonds. The summed E-state index contributed by atoms with van der Waals surface area (Å²) in [6.45, 7) is 6.72. The van der Waals surface area contributed by atoms with Crippen molar-refractivity contribution in [2.75, 3.05) is 24.7 Å². The highest BCUT2D eigenvalue weighted by Crippen LogP contribution is 2.32. The fourth-order valence-corrected chi connectivity index (χ4v) is 4.62. The third-order valence-electron chi connectivity index (χ3n) is 5.67. The molecule has 1 saturated heterocycles. The third-order valence-corrected chi connectivity index (χ3v) is 6.78. The molecule has 2 aromatic heterocycles. The van der Waals surface area contributed by atoms with Crippen molar-refractivity contribution in [1.29, 1.82) is 0 Å². The Morgan fingerprint density at radius 3 is 2.53 bits per heavy atom. The van der Waals surface area contributed by atoms with Crippen LogP contribution in [0.4, 0.5) is 20.8 Å². The second kappa shape index (κ2) is 8.86. The minimum absolute atomic E-state index is 0.0927. The predicted molar refractivity (Wildman–Crippen MR) is 126 cm³/mol. The number of likely N-dealkylation sites (tertiary alicyclic amines) is 1. The van der Waals surface area contributed by atoms with Crippen LogP contribution in [0.25, 0.3) is 5.52 Å². The van der Waals surface area contributed by atoms with E-state index >= 15 is 0 Å². The Morgan fingerprint density at radius 2 is 1.91 bits per heavy atom. The highest BCUT2D eigenvalue weighted by Gasteiger charge is 2.29. The molecule has 0 atom stereocenters. The van der Waals surface area contributed by atoms with Crippen LogP contribution in [0.1, 0.15) is 45.1 Å². The average molecular weight is 490 g/mol. The van der Waals surface area contributed by atoms with Gasteiger partial charge in [0, 0.05) is 31.1 Å².